The van der Waals surface area contributed by atoms with Crippen LogP contribution in [0.25, 0.3) is 0 Å². The molecule has 3 heterocycles. The molecule has 0 aliphatic carbocycles. The predicted octanol–water partition coefficient (Wildman–Crippen LogP) is 1.42. The number of carbonyl (C=O) groups is 1. The highest BCUT2D eigenvalue weighted by Gasteiger charge is 2.42. The molecule has 0 radical (unpaired) electrons. The van der Waals surface area contributed by atoms with Gasteiger partial charge in [-0.25, -0.2) is 0 Å². The van der Waals surface area contributed by atoms with E-state index < -0.39 is 0 Å². The molecule has 1 spiro atoms. The Bertz CT molecular complexity index is 438. The molecule has 1 atom stereocenters. The Hall–Kier alpha value is -1.33. The van der Waals surface area contributed by atoms with Crippen LogP contribution in [0.4, 0.5) is 0 Å². The fraction of sp³-hybridized carbons (Fsp3) is 0.643. The van der Waals surface area contributed by atoms with Crippen molar-refractivity contribution in [2.75, 3.05) is 26.3 Å². The third-order valence-electron chi connectivity index (χ3n) is 3.93. The number of aromatic nitrogens is 1. The Labute approximate surface area is 112 Å². The van der Waals surface area contributed by atoms with Gasteiger partial charge in [0.05, 0.1) is 18.2 Å². The predicted molar refractivity (Wildman–Crippen MR) is 70.0 cm³/mol. The van der Waals surface area contributed by atoms with E-state index in [9.17, 15) is 4.79 Å². The summed E-state index contributed by atoms with van der Waals surface area (Å²) in [5.74, 6) is 0.0611. The Morgan fingerprint density at radius 2 is 2.26 bits per heavy atom. The fourth-order valence-corrected chi connectivity index (χ4v) is 3.03. The quantitative estimate of drug-likeness (QED) is 0.834. The number of hydrogen-bond acceptors (Lipinski definition) is 3. The van der Waals surface area contributed by atoms with E-state index in [1.54, 1.807) is 6.20 Å². The third kappa shape index (κ3) is 2.53. The van der Waals surface area contributed by atoms with E-state index in [2.05, 4.69) is 4.98 Å². The molecule has 1 N–H and O–H groups in total. The molecule has 2 fully saturated rings. The summed E-state index contributed by atoms with van der Waals surface area (Å²) >= 11 is 0. The minimum absolute atomic E-state index is 0.0611. The van der Waals surface area contributed by atoms with Gasteiger partial charge in [0.25, 0.3) is 5.91 Å². The molecule has 1 aromatic rings. The van der Waals surface area contributed by atoms with Crippen molar-refractivity contribution in [1.82, 2.24) is 9.88 Å². The molecule has 1 unspecified atom stereocenters. The van der Waals surface area contributed by atoms with Crippen molar-refractivity contribution in [3.05, 3.63) is 24.0 Å². The van der Waals surface area contributed by atoms with Gasteiger partial charge in [0.1, 0.15) is 5.69 Å². The third-order valence-corrected chi connectivity index (χ3v) is 3.93. The highest BCUT2D eigenvalue weighted by Crippen LogP contribution is 2.31. The molecule has 5 heteroatoms. The second kappa shape index (κ2) is 4.98. The highest BCUT2D eigenvalue weighted by molar-refractivity contribution is 5.92. The van der Waals surface area contributed by atoms with Gasteiger partial charge in [-0.2, -0.15) is 0 Å². The van der Waals surface area contributed by atoms with Crippen LogP contribution < -0.4 is 0 Å². The van der Waals surface area contributed by atoms with Crippen molar-refractivity contribution in [1.29, 1.82) is 0 Å². The Balaban J connectivity index is 1.77. The number of nitrogens with zero attached hydrogens (tertiary/aromatic N) is 1. The van der Waals surface area contributed by atoms with Gasteiger partial charge in [0.2, 0.25) is 0 Å². The summed E-state index contributed by atoms with van der Waals surface area (Å²) < 4.78 is 11.5. The van der Waals surface area contributed by atoms with Crippen LogP contribution in [0.5, 0.6) is 0 Å². The highest BCUT2D eigenvalue weighted by atomic mass is 16.5. The number of carbonyl (C=O) groups excluding carboxylic acids is 1. The van der Waals surface area contributed by atoms with Crippen molar-refractivity contribution < 1.29 is 14.3 Å². The normalized spacial score (nSPS) is 26.6. The number of nitrogens with one attached hydrogen (secondary N) is 1. The maximum absolute atomic E-state index is 12.4. The van der Waals surface area contributed by atoms with Gasteiger partial charge in [-0.15, -0.1) is 0 Å². The lowest BCUT2D eigenvalue weighted by Gasteiger charge is -2.47. The Kier molecular flexibility index (Phi) is 3.33. The van der Waals surface area contributed by atoms with E-state index >= 15 is 0 Å². The molecular formula is C14H20N2O3. The summed E-state index contributed by atoms with van der Waals surface area (Å²) in [6.07, 6.45) is 3.59. The lowest BCUT2D eigenvalue weighted by Crippen LogP contribution is -2.58. The number of H-pyrrole nitrogens is 1. The Morgan fingerprint density at radius 1 is 1.47 bits per heavy atom. The van der Waals surface area contributed by atoms with Crippen LogP contribution in [0.3, 0.4) is 0 Å². The summed E-state index contributed by atoms with van der Waals surface area (Å²) in [6.45, 7) is 4.79. The van der Waals surface area contributed by atoms with Gasteiger partial charge in [0.15, 0.2) is 0 Å². The van der Waals surface area contributed by atoms with E-state index in [0.29, 0.717) is 18.8 Å². The average molecular weight is 264 g/mol. The molecule has 2 aliphatic rings. The minimum Gasteiger partial charge on any atom is -0.381 e. The maximum atomic E-state index is 12.4. The summed E-state index contributed by atoms with van der Waals surface area (Å²) in [7, 11) is 0. The van der Waals surface area contributed by atoms with Crippen molar-refractivity contribution in [3.8, 4) is 0 Å². The smallest absolute Gasteiger partial charge is 0.270 e. The van der Waals surface area contributed by atoms with Crippen molar-refractivity contribution in [2.24, 2.45) is 0 Å². The molecular weight excluding hydrogens is 244 g/mol. The van der Waals surface area contributed by atoms with Crippen LogP contribution >= 0.6 is 0 Å². The van der Waals surface area contributed by atoms with Crippen LogP contribution in [0.1, 0.15) is 30.3 Å². The second-order valence-corrected chi connectivity index (χ2v) is 5.49. The lowest BCUT2D eigenvalue weighted by molar-refractivity contribution is -0.176. The van der Waals surface area contributed by atoms with Gasteiger partial charge in [-0.1, -0.05) is 0 Å². The van der Waals surface area contributed by atoms with Crippen LogP contribution in [0.2, 0.25) is 0 Å². The van der Waals surface area contributed by atoms with Gasteiger partial charge in [-0.05, 0) is 19.1 Å². The molecule has 0 aromatic carbocycles. The van der Waals surface area contributed by atoms with Gasteiger partial charge in [0, 0.05) is 38.8 Å². The minimum atomic E-state index is -0.210. The first-order chi connectivity index (χ1) is 9.19. The number of amides is 1. The van der Waals surface area contributed by atoms with Crippen molar-refractivity contribution in [3.63, 3.8) is 0 Å². The zero-order valence-electron chi connectivity index (χ0n) is 11.2. The number of rotatable bonds is 1. The molecule has 3 rings (SSSR count). The molecule has 104 valence electrons. The lowest BCUT2D eigenvalue weighted by atomic mass is 9.91. The van der Waals surface area contributed by atoms with Crippen LogP contribution in [-0.2, 0) is 9.47 Å². The van der Waals surface area contributed by atoms with Gasteiger partial charge in [-0.3, -0.25) is 4.79 Å². The van der Waals surface area contributed by atoms with Crippen molar-refractivity contribution >= 4 is 5.91 Å². The monoisotopic (exact) mass is 264 g/mol. The molecule has 1 amide bonds. The van der Waals surface area contributed by atoms with Crippen LogP contribution in [0, 0.1) is 0 Å². The van der Waals surface area contributed by atoms with Gasteiger partial charge < -0.3 is 19.4 Å². The zero-order valence-corrected chi connectivity index (χ0v) is 11.2. The summed E-state index contributed by atoms with van der Waals surface area (Å²) in [5, 5.41) is 0. The molecule has 2 saturated heterocycles. The number of hydrogen-bond donors (Lipinski definition) is 1. The largest absolute Gasteiger partial charge is 0.381 e. The fourth-order valence-electron chi connectivity index (χ4n) is 3.03. The number of aromatic amines is 1. The van der Waals surface area contributed by atoms with Crippen molar-refractivity contribution in [2.45, 2.75) is 31.5 Å². The molecule has 2 aliphatic heterocycles. The zero-order chi connectivity index (χ0) is 13.3. The average Bonchev–Trinajstić information content (AvgIpc) is 2.91. The first kappa shape index (κ1) is 12.7. The van der Waals surface area contributed by atoms with E-state index in [1.807, 2.05) is 24.0 Å². The molecule has 19 heavy (non-hydrogen) atoms. The van der Waals surface area contributed by atoms with Crippen LogP contribution in [0.15, 0.2) is 18.3 Å². The molecule has 1 aromatic heterocycles. The van der Waals surface area contributed by atoms with Crippen LogP contribution in [-0.4, -0.2) is 53.8 Å². The standard InChI is InChI=1S/C14H20N2O3/c1-11-9-16(13(17)12-3-2-6-15-12)10-14(19-11)4-7-18-8-5-14/h2-3,6,11,15H,4-5,7-10H2,1H3. The van der Waals surface area contributed by atoms with E-state index in [0.717, 1.165) is 26.1 Å². The molecule has 0 saturated carbocycles. The topological polar surface area (TPSA) is 54.6 Å². The second-order valence-electron chi connectivity index (χ2n) is 5.49. The number of morpholine rings is 1. The molecule has 0 bridgehead atoms. The Morgan fingerprint density at radius 3 is 2.95 bits per heavy atom. The first-order valence-corrected chi connectivity index (χ1v) is 6.87. The van der Waals surface area contributed by atoms with E-state index in [4.69, 9.17) is 9.47 Å². The summed E-state index contributed by atoms with van der Waals surface area (Å²) in [6, 6.07) is 3.67. The summed E-state index contributed by atoms with van der Waals surface area (Å²) in [5.41, 5.74) is 0.439. The van der Waals surface area contributed by atoms with Gasteiger partial charge >= 0.3 is 0 Å². The van der Waals surface area contributed by atoms with E-state index in [-0.39, 0.29) is 17.6 Å². The number of ether oxygens (including phenoxy) is 2. The summed E-state index contributed by atoms with van der Waals surface area (Å²) in [4.78, 5) is 17.3. The SMILES string of the molecule is CC1CN(C(=O)c2ccc[nH]2)CC2(CCOCC2)O1. The van der Waals surface area contributed by atoms with E-state index in [1.165, 1.54) is 0 Å². The maximum Gasteiger partial charge on any atom is 0.270 e. The molecule has 5 nitrogen and oxygen atoms in total. The first-order valence-electron chi connectivity index (χ1n) is 6.87.